The van der Waals surface area contributed by atoms with Gasteiger partial charge in [0, 0.05) is 11.1 Å². The first kappa shape index (κ1) is 36.9. The fourth-order valence-electron chi connectivity index (χ4n) is 5.37. The molecule has 5 rings (SSSR count). The number of nitrogens with two attached hydrogens (primary N) is 1. The fraction of sp³-hybridized carbons (Fsp3) is 0.364. The van der Waals surface area contributed by atoms with Crippen molar-refractivity contribution in [2.75, 3.05) is 38.8 Å². The van der Waals surface area contributed by atoms with E-state index in [2.05, 4.69) is 20.9 Å². The SMILES string of the molecule is C#CCOc1ccc(C(=O)c2ccc(C(=O)OC[C@]3(C)[C@H](O)[C@@H](COP(=O)(OCC)OCC)O[C@H]3n3cnc4c(N)nc(Cl)nc43)cc2)cc1. The number of ether oxygens (including phenoxy) is 3. The van der Waals surface area contributed by atoms with Gasteiger partial charge in [-0.1, -0.05) is 18.1 Å². The molecule has 2 aromatic heterocycles. The van der Waals surface area contributed by atoms with Gasteiger partial charge in [0.2, 0.25) is 5.28 Å². The molecule has 0 unspecified atom stereocenters. The number of halogens is 1. The van der Waals surface area contributed by atoms with Crippen LogP contribution >= 0.6 is 19.4 Å². The number of nitrogen functional groups attached to an aromatic ring is 1. The molecule has 1 saturated heterocycles. The summed E-state index contributed by atoms with van der Waals surface area (Å²) < 4.78 is 47.7. The van der Waals surface area contributed by atoms with Crippen LogP contribution in [-0.4, -0.2) is 81.6 Å². The van der Waals surface area contributed by atoms with Gasteiger partial charge in [-0.2, -0.15) is 9.97 Å². The van der Waals surface area contributed by atoms with Gasteiger partial charge >= 0.3 is 13.8 Å². The van der Waals surface area contributed by atoms with Gasteiger partial charge in [0.05, 0.1) is 43.2 Å². The molecule has 264 valence electrons. The van der Waals surface area contributed by atoms with Crippen molar-refractivity contribution in [2.24, 2.45) is 5.41 Å². The highest BCUT2D eigenvalue weighted by atomic mass is 35.5. The number of ketones is 1. The Morgan fingerprint density at radius 1 is 1.06 bits per heavy atom. The van der Waals surface area contributed by atoms with Gasteiger partial charge in [-0.3, -0.25) is 22.9 Å². The van der Waals surface area contributed by atoms with Gasteiger partial charge < -0.3 is 25.1 Å². The van der Waals surface area contributed by atoms with Crippen LogP contribution in [0.3, 0.4) is 0 Å². The van der Waals surface area contributed by atoms with E-state index in [-0.39, 0.29) is 60.0 Å². The third kappa shape index (κ3) is 7.82. The number of phosphoric ester groups is 1. The minimum absolute atomic E-state index is 0.0210. The molecule has 0 aliphatic carbocycles. The minimum atomic E-state index is -3.97. The zero-order chi connectivity index (χ0) is 36.1. The molecule has 4 atom stereocenters. The number of carbonyl (C=O) groups is 2. The highest BCUT2D eigenvalue weighted by Crippen LogP contribution is 2.52. The molecule has 1 aliphatic rings. The first-order valence-electron chi connectivity index (χ1n) is 15.4. The second kappa shape index (κ2) is 15.7. The Labute approximate surface area is 292 Å². The van der Waals surface area contributed by atoms with Crippen LogP contribution in [-0.2, 0) is 27.6 Å². The number of benzene rings is 2. The Kier molecular flexibility index (Phi) is 11.5. The molecular formula is C33H35ClN5O10P. The molecule has 50 heavy (non-hydrogen) atoms. The summed E-state index contributed by atoms with van der Waals surface area (Å²) in [5.74, 6) is 1.93. The van der Waals surface area contributed by atoms with E-state index >= 15 is 0 Å². The Morgan fingerprint density at radius 3 is 2.30 bits per heavy atom. The summed E-state index contributed by atoms with van der Waals surface area (Å²) in [5.41, 5.74) is 5.99. The Morgan fingerprint density at radius 2 is 1.68 bits per heavy atom. The van der Waals surface area contributed by atoms with E-state index < -0.39 is 44.2 Å². The molecule has 17 heteroatoms. The van der Waals surface area contributed by atoms with Gasteiger partial charge in [-0.25, -0.2) is 14.3 Å². The number of hydrogen-bond acceptors (Lipinski definition) is 14. The fourth-order valence-corrected chi connectivity index (χ4v) is 6.72. The van der Waals surface area contributed by atoms with E-state index in [1.54, 1.807) is 45.0 Å². The standard InChI is InChI=1S/C33H35ClN5O10P/c1-5-16-44-23-14-12-21(13-15-23)26(40)20-8-10-22(11-9-20)30(42)45-18-33(4)27(41)24(17-48-50(43,46-6-2)47-7-3)49-31(33)39-19-36-25-28(35)37-32(34)38-29(25)39/h1,8-15,19,24,27,31,41H,6-7,16-18H2,2-4H3,(H2,35,37,38)/t24-,27-,31-,33-/m1/s1. The summed E-state index contributed by atoms with van der Waals surface area (Å²) in [5, 5.41) is 11.5. The predicted octanol–water partition coefficient (Wildman–Crippen LogP) is 4.62. The zero-order valence-corrected chi connectivity index (χ0v) is 29.0. The van der Waals surface area contributed by atoms with Crippen molar-refractivity contribution in [2.45, 2.75) is 39.2 Å². The van der Waals surface area contributed by atoms with Crippen LogP contribution in [0.4, 0.5) is 5.82 Å². The number of aliphatic hydroxyl groups is 1. The Hall–Kier alpha value is -4.39. The normalized spacial score (nSPS) is 20.4. The lowest BCUT2D eigenvalue weighted by Gasteiger charge is -2.32. The van der Waals surface area contributed by atoms with E-state index in [4.69, 9.17) is 51.5 Å². The Balaban J connectivity index is 1.35. The number of anilines is 1. The summed E-state index contributed by atoms with van der Waals surface area (Å²) >= 11 is 6.09. The van der Waals surface area contributed by atoms with Crippen molar-refractivity contribution >= 4 is 48.2 Å². The third-order valence-electron chi connectivity index (χ3n) is 7.88. The number of rotatable bonds is 15. The maximum Gasteiger partial charge on any atom is 0.474 e. The summed E-state index contributed by atoms with van der Waals surface area (Å²) in [6.07, 6.45) is 3.06. The number of nitrogens with zero attached hydrogens (tertiary/aromatic N) is 4. The average molecular weight is 728 g/mol. The largest absolute Gasteiger partial charge is 0.481 e. The van der Waals surface area contributed by atoms with E-state index in [1.807, 2.05) is 0 Å². The first-order valence-corrected chi connectivity index (χ1v) is 17.3. The minimum Gasteiger partial charge on any atom is -0.481 e. The lowest BCUT2D eigenvalue weighted by atomic mass is 9.83. The molecule has 0 spiro atoms. The molecule has 1 aliphatic heterocycles. The molecule has 15 nitrogen and oxygen atoms in total. The number of terminal acetylenes is 1. The number of esters is 1. The lowest BCUT2D eigenvalue weighted by Crippen LogP contribution is -2.42. The molecule has 3 N–H and O–H groups in total. The molecule has 2 aromatic carbocycles. The zero-order valence-electron chi connectivity index (χ0n) is 27.4. The van der Waals surface area contributed by atoms with Crippen molar-refractivity contribution in [1.82, 2.24) is 19.5 Å². The number of aromatic nitrogens is 4. The molecule has 0 saturated carbocycles. The monoisotopic (exact) mass is 727 g/mol. The van der Waals surface area contributed by atoms with Crippen molar-refractivity contribution in [1.29, 1.82) is 0 Å². The van der Waals surface area contributed by atoms with E-state index in [0.717, 1.165) is 0 Å². The predicted molar refractivity (Wildman–Crippen MR) is 181 cm³/mol. The summed E-state index contributed by atoms with van der Waals surface area (Å²) in [6, 6.07) is 12.4. The van der Waals surface area contributed by atoms with Crippen molar-refractivity contribution in [3.63, 3.8) is 0 Å². The summed E-state index contributed by atoms with van der Waals surface area (Å²) in [6.45, 7) is 4.32. The van der Waals surface area contributed by atoms with Crippen LogP contribution in [0.2, 0.25) is 5.28 Å². The highest BCUT2D eigenvalue weighted by molar-refractivity contribution is 7.48. The average Bonchev–Trinajstić information content (AvgIpc) is 3.63. The lowest BCUT2D eigenvalue weighted by molar-refractivity contribution is -0.0636. The second-order valence-corrected chi connectivity index (χ2v) is 13.3. The van der Waals surface area contributed by atoms with E-state index in [1.165, 1.54) is 35.2 Å². The molecule has 1 fully saturated rings. The number of fused-ring (bicyclic) bond motifs is 1. The maximum absolute atomic E-state index is 13.3. The molecular weight excluding hydrogens is 693 g/mol. The summed E-state index contributed by atoms with van der Waals surface area (Å²) in [4.78, 5) is 38.8. The van der Waals surface area contributed by atoms with Crippen LogP contribution < -0.4 is 10.5 Å². The van der Waals surface area contributed by atoms with E-state index in [9.17, 15) is 19.3 Å². The second-order valence-electron chi connectivity index (χ2n) is 11.3. The smallest absolute Gasteiger partial charge is 0.474 e. The van der Waals surface area contributed by atoms with Gasteiger partial charge in [-0.15, -0.1) is 6.42 Å². The number of aliphatic hydroxyl groups excluding tert-OH is 1. The van der Waals surface area contributed by atoms with Crippen LogP contribution in [0.25, 0.3) is 11.2 Å². The highest BCUT2D eigenvalue weighted by Gasteiger charge is 2.56. The van der Waals surface area contributed by atoms with Crippen LogP contribution in [0.1, 0.15) is 53.3 Å². The van der Waals surface area contributed by atoms with Crippen LogP contribution in [0, 0.1) is 17.8 Å². The molecule has 0 radical (unpaired) electrons. The number of imidazole rings is 1. The third-order valence-corrected chi connectivity index (χ3v) is 9.66. The quantitative estimate of drug-likeness (QED) is 0.0565. The molecule has 0 bridgehead atoms. The van der Waals surface area contributed by atoms with Gasteiger partial charge in [0.15, 0.2) is 17.2 Å². The van der Waals surface area contributed by atoms with E-state index in [0.29, 0.717) is 16.9 Å². The van der Waals surface area contributed by atoms with Gasteiger partial charge in [0.25, 0.3) is 0 Å². The molecule has 4 aromatic rings. The maximum atomic E-state index is 13.3. The number of phosphoric acid groups is 1. The number of carbonyl (C=O) groups excluding carboxylic acids is 2. The topological polar surface area (TPSA) is 196 Å². The number of hydrogen-bond donors (Lipinski definition) is 2. The first-order chi connectivity index (χ1) is 23.9. The Bertz CT molecular complexity index is 1920. The molecule has 3 heterocycles. The summed E-state index contributed by atoms with van der Waals surface area (Å²) in [7, 11) is -3.97. The van der Waals surface area contributed by atoms with Crippen molar-refractivity contribution in [3.05, 3.63) is 76.8 Å². The van der Waals surface area contributed by atoms with Crippen LogP contribution in [0.5, 0.6) is 5.75 Å². The van der Waals surface area contributed by atoms with Gasteiger partial charge in [0.1, 0.15) is 36.8 Å². The van der Waals surface area contributed by atoms with Gasteiger partial charge in [-0.05, 0) is 68.8 Å². The van der Waals surface area contributed by atoms with Crippen molar-refractivity contribution < 1.29 is 47.0 Å². The molecule has 0 amide bonds. The van der Waals surface area contributed by atoms with Crippen molar-refractivity contribution in [3.8, 4) is 18.1 Å². The van der Waals surface area contributed by atoms with Crippen LogP contribution in [0.15, 0.2) is 54.9 Å².